The highest BCUT2D eigenvalue weighted by atomic mass is 16.5. The first-order valence-electron chi connectivity index (χ1n) is 5.58. The molecular formula is C12H18N2O2. The van der Waals surface area contributed by atoms with Crippen molar-refractivity contribution in [3.63, 3.8) is 0 Å². The van der Waals surface area contributed by atoms with Crippen molar-refractivity contribution >= 4 is 11.4 Å². The molecule has 0 amide bonds. The summed E-state index contributed by atoms with van der Waals surface area (Å²) in [4.78, 5) is 2.16. The Morgan fingerprint density at radius 1 is 1.56 bits per heavy atom. The van der Waals surface area contributed by atoms with E-state index in [9.17, 15) is 5.11 Å². The van der Waals surface area contributed by atoms with Gasteiger partial charge in [-0.2, -0.15) is 0 Å². The third kappa shape index (κ3) is 1.80. The number of hydrogen-bond donors (Lipinski definition) is 2. The van der Waals surface area contributed by atoms with Gasteiger partial charge in [-0.1, -0.05) is 6.07 Å². The van der Waals surface area contributed by atoms with Crippen LogP contribution in [0.4, 0.5) is 11.4 Å². The lowest BCUT2D eigenvalue weighted by Gasteiger charge is -2.27. The van der Waals surface area contributed by atoms with Gasteiger partial charge in [0.15, 0.2) is 0 Å². The number of aliphatic hydroxyl groups excluding tert-OH is 1. The predicted molar refractivity (Wildman–Crippen MR) is 64.9 cm³/mol. The number of nitrogens with two attached hydrogens (primary N) is 1. The van der Waals surface area contributed by atoms with Gasteiger partial charge >= 0.3 is 0 Å². The van der Waals surface area contributed by atoms with Crippen molar-refractivity contribution in [3.05, 3.63) is 18.2 Å². The molecule has 0 bridgehead atoms. The van der Waals surface area contributed by atoms with E-state index in [0.29, 0.717) is 11.4 Å². The van der Waals surface area contributed by atoms with Gasteiger partial charge < -0.3 is 20.5 Å². The second-order valence-electron chi connectivity index (χ2n) is 4.07. The molecule has 0 aromatic heterocycles. The van der Waals surface area contributed by atoms with E-state index in [4.69, 9.17) is 10.5 Å². The highest BCUT2D eigenvalue weighted by Crippen LogP contribution is 2.35. The molecule has 1 fully saturated rings. The van der Waals surface area contributed by atoms with E-state index >= 15 is 0 Å². The topological polar surface area (TPSA) is 58.7 Å². The lowest BCUT2D eigenvalue weighted by atomic mass is 10.2. The van der Waals surface area contributed by atoms with Crippen molar-refractivity contribution in [2.45, 2.75) is 18.9 Å². The summed E-state index contributed by atoms with van der Waals surface area (Å²) in [6.45, 7) is 1.12. The van der Waals surface area contributed by atoms with Crippen LogP contribution in [0, 0.1) is 0 Å². The van der Waals surface area contributed by atoms with E-state index in [1.165, 1.54) is 0 Å². The third-order valence-electron chi connectivity index (χ3n) is 3.16. The summed E-state index contributed by atoms with van der Waals surface area (Å²) in [5.74, 6) is 0.695. The molecule has 0 spiro atoms. The number of benzene rings is 1. The average molecular weight is 222 g/mol. The minimum Gasteiger partial charge on any atom is -0.495 e. The Kier molecular flexibility index (Phi) is 3.19. The highest BCUT2D eigenvalue weighted by molar-refractivity contribution is 5.74. The second-order valence-corrected chi connectivity index (χ2v) is 4.07. The number of hydrogen-bond acceptors (Lipinski definition) is 4. The number of aliphatic hydroxyl groups is 1. The Bertz CT molecular complexity index is 368. The number of nitrogen functional groups attached to an aromatic ring is 1. The van der Waals surface area contributed by atoms with Crippen LogP contribution in [0.3, 0.4) is 0 Å². The van der Waals surface area contributed by atoms with Crippen LogP contribution in [-0.4, -0.2) is 31.4 Å². The van der Waals surface area contributed by atoms with Gasteiger partial charge in [-0.05, 0) is 25.0 Å². The van der Waals surface area contributed by atoms with Gasteiger partial charge in [-0.25, -0.2) is 0 Å². The van der Waals surface area contributed by atoms with Crippen LogP contribution in [0.15, 0.2) is 18.2 Å². The van der Waals surface area contributed by atoms with Gasteiger partial charge in [0.05, 0.1) is 31.1 Å². The first kappa shape index (κ1) is 11.1. The first-order valence-corrected chi connectivity index (χ1v) is 5.58. The zero-order valence-electron chi connectivity index (χ0n) is 9.52. The maximum Gasteiger partial charge on any atom is 0.143 e. The maximum absolute atomic E-state index is 9.30. The number of nitrogens with zero attached hydrogens (tertiary/aromatic N) is 1. The molecule has 4 nitrogen and oxygen atoms in total. The lowest BCUT2D eigenvalue weighted by molar-refractivity contribution is 0.266. The predicted octanol–water partition coefficient (Wildman–Crippen LogP) is 1.24. The Balaban J connectivity index is 2.32. The summed E-state index contributed by atoms with van der Waals surface area (Å²) >= 11 is 0. The van der Waals surface area contributed by atoms with Crippen molar-refractivity contribution in [2.75, 3.05) is 30.9 Å². The summed E-state index contributed by atoms with van der Waals surface area (Å²) in [5.41, 5.74) is 7.67. The zero-order valence-corrected chi connectivity index (χ0v) is 9.52. The summed E-state index contributed by atoms with van der Waals surface area (Å²) in [6.07, 6.45) is 2.12. The van der Waals surface area contributed by atoms with Crippen LogP contribution in [0.25, 0.3) is 0 Å². The van der Waals surface area contributed by atoms with Crippen LogP contribution in [0.2, 0.25) is 0 Å². The molecule has 1 saturated heterocycles. The molecule has 2 rings (SSSR count). The summed E-state index contributed by atoms with van der Waals surface area (Å²) in [7, 11) is 1.61. The maximum atomic E-state index is 9.30. The lowest BCUT2D eigenvalue weighted by Crippen LogP contribution is -2.32. The van der Waals surface area contributed by atoms with Crippen LogP contribution in [0.1, 0.15) is 12.8 Å². The monoisotopic (exact) mass is 222 g/mol. The van der Waals surface area contributed by atoms with E-state index in [2.05, 4.69) is 4.90 Å². The molecule has 1 atom stereocenters. The van der Waals surface area contributed by atoms with E-state index in [1.54, 1.807) is 7.11 Å². The molecule has 16 heavy (non-hydrogen) atoms. The van der Waals surface area contributed by atoms with Gasteiger partial charge in [-0.3, -0.25) is 0 Å². The molecule has 1 aliphatic heterocycles. The molecule has 0 saturated carbocycles. The minimum atomic E-state index is 0.177. The second kappa shape index (κ2) is 4.61. The first-order chi connectivity index (χ1) is 7.77. The van der Waals surface area contributed by atoms with Crippen molar-refractivity contribution in [1.29, 1.82) is 0 Å². The van der Waals surface area contributed by atoms with Gasteiger partial charge in [-0.15, -0.1) is 0 Å². The molecule has 1 heterocycles. The van der Waals surface area contributed by atoms with Crippen molar-refractivity contribution in [2.24, 2.45) is 0 Å². The number of rotatable bonds is 3. The zero-order chi connectivity index (χ0) is 11.5. The number of para-hydroxylation sites is 1. The smallest absolute Gasteiger partial charge is 0.143 e. The number of anilines is 2. The summed E-state index contributed by atoms with van der Waals surface area (Å²) < 4.78 is 5.20. The van der Waals surface area contributed by atoms with Crippen LogP contribution in [-0.2, 0) is 0 Å². The van der Waals surface area contributed by atoms with Gasteiger partial charge in [0, 0.05) is 6.54 Å². The van der Waals surface area contributed by atoms with Crippen LogP contribution in [0.5, 0.6) is 5.75 Å². The summed E-state index contributed by atoms with van der Waals surface area (Å²) in [6, 6.07) is 5.95. The third-order valence-corrected chi connectivity index (χ3v) is 3.16. The molecule has 88 valence electrons. The fraction of sp³-hybridized carbons (Fsp3) is 0.500. The van der Waals surface area contributed by atoms with E-state index < -0.39 is 0 Å². The minimum absolute atomic E-state index is 0.177. The Morgan fingerprint density at radius 2 is 2.38 bits per heavy atom. The molecular weight excluding hydrogens is 204 g/mol. The standard InChI is InChI=1S/C12H18N2O2/c1-16-11-6-2-5-10(12(11)13)14-7-3-4-9(14)8-15/h2,5-6,9,15H,3-4,7-8,13H2,1H3. The summed E-state index contributed by atoms with van der Waals surface area (Å²) in [5, 5.41) is 9.30. The molecule has 1 aromatic rings. The Labute approximate surface area is 95.6 Å². The van der Waals surface area contributed by atoms with E-state index in [0.717, 1.165) is 25.1 Å². The molecule has 1 unspecified atom stereocenters. The van der Waals surface area contributed by atoms with Gasteiger partial charge in [0.2, 0.25) is 0 Å². The van der Waals surface area contributed by atoms with Crippen LogP contribution < -0.4 is 15.4 Å². The fourth-order valence-electron chi connectivity index (χ4n) is 2.30. The highest BCUT2D eigenvalue weighted by Gasteiger charge is 2.25. The Morgan fingerprint density at radius 3 is 3.06 bits per heavy atom. The molecule has 1 aromatic carbocycles. The van der Waals surface area contributed by atoms with Gasteiger partial charge in [0.1, 0.15) is 5.75 Å². The fourth-order valence-corrected chi connectivity index (χ4v) is 2.30. The Hall–Kier alpha value is -1.42. The SMILES string of the molecule is COc1cccc(N2CCCC2CO)c1N. The van der Waals surface area contributed by atoms with Crippen molar-refractivity contribution in [3.8, 4) is 5.75 Å². The van der Waals surface area contributed by atoms with E-state index in [1.807, 2.05) is 18.2 Å². The normalized spacial score (nSPS) is 20.1. The van der Waals surface area contributed by atoms with Crippen molar-refractivity contribution < 1.29 is 9.84 Å². The number of methoxy groups -OCH3 is 1. The molecule has 0 aliphatic carbocycles. The van der Waals surface area contributed by atoms with Crippen molar-refractivity contribution in [1.82, 2.24) is 0 Å². The molecule has 4 heteroatoms. The average Bonchev–Trinajstić information content (AvgIpc) is 2.77. The van der Waals surface area contributed by atoms with Gasteiger partial charge in [0.25, 0.3) is 0 Å². The van der Waals surface area contributed by atoms with Crippen LogP contribution >= 0.6 is 0 Å². The number of ether oxygens (including phenoxy) is 1. The quantitative estimate of drug-likeness (QED) is 0.755. The largest absolute Gasteiger partial charge is 0.495 e. The molecule has 1 aliphatic rings. The molecule has 3 N–H and O–H groups in total. The van der Waals surface area contributed by atoms with E-state index in [-0.39, 0.29) is 12.6 Å². The molecule has 0 radical (unpaired) electrons.